The Hall–Kier alpha value is -3.40. The van der Waals surface area contributed by atoms with E-state index in [1.807, 2.05) is 41.0 Å². The van der Waals surface area contributed by atoms with Crippen LogP contribution in [0.1, 0.15) is 36.8 Å². The molecule has 7 heteroatoms. The third kappa shape index (κ3) is 3.74. The fourth-order valence-corrected chi connectivity index (χ4v) is 5.04. The normalized spacial score (nSPS) is 23.3. The number of hydrogen-bond acceptors (Lipinski definition) is 4. The average molecular weight is 418 g/mol. The van der Waals surface area contributed by atoms with Crippen molar-refractivity contribution < 1.29 is 13.9 Å². The van der Waals surface area contributed by atoms with E-state index in [2.05, 4.69) is 4.98 Å². The van der Waals surface area contributed by atoms with Crippen LogP contribution in [0.4, 0.5) is 9.18 Å². The number of nitrogens with zero attached hydrogens (tertiary/aromatic N) is 4. The van der Waals surface area contributed by atoms with Gasteiger partial charge in [-0.1, -0.05) is 30.3 Å². The largest absolute Gasteiger partial charge is 0.441 e. The summed E-state index contributed by atoms with van der Waals surface area (Å²) in [5.41, 5.74) is 1.97. The smallest absolute Gasteiger partial charge is 0.410 e. The summed E-state index contributed by atoms with van der Waals surface area (Å²) in [5, 5.41) is 9.15. The van der Waals surface area contributed by atoms with Gasteiger partial charge in [0.1, 0.15) is 17.5 Å². The van der Waals surface area contributed by atoms with Gasteiger partial charge in [-0.2, -0.15) is 5.26 Å². The molecule has 1 spiro atoms. The zero-order chi connectivity index (χ0) is 21.4. The first-order valence-electron chi connectivity index (χ1n) is 10.6. The second kappa shape index (κ2) is 7.69. The van der Waals surface area contributed by atoms with Crippen LogP contribution >= 0.6 is 0 Å². The first-order valence-corrected chi connectivity index (χ1v) is 10.6. The Morgan fingerprint density at radius 3 is 2.94 bits per heavy atom. The van der Waals surface area contributed by atoms with Crippen molar-refractivity contribution in [3.05, 3.63) is 65.7 Å². The van der Waals surface area contributed by atoms with Crippen molar-refractivity contribution in [2.45, 2.75) is 44.4 Å². The average Bonchev–Trinajstić information content (AvgIpc) is 3.28. The van der Waals surface area contributed by atoms with E-state index in [0.29, 0.717) is 31.1 Å². The van der Waals surface area contributed by atoms with Crippen LogP contribution in [-0.4, -0.2) is 32.7 Å². The van der Waals surface area contributed by atoms with Gasteiger partial charge in [0.25, 0.3) is 0 Å². The van der Waals surface area contributed by atoms with Crippen LogP contribution in [0, 0.1) is 23.1 Å². The van der Waals surface area contributed by atoms with Crippen LogP contribution in [0.15, 0.2) is 48.8 Å². The zero-order valence-electron chi connectivity index (χ0n) is 17.1. The minimum absolute atomic E-state index is 0.0237. The van der Waals surface area contributed by atoms with Crippen molar-refractivity contribution in [2.75, 3.05) is 6.54 Å². The second-order valence-electron chi connectivity index (χ2n) is 8.68. The molecule has 5 rings (SSSR count). The number of carbonyl (C=O) groups excluding carboxylic acids is 1. The highest BCUT2D eigenvalue weighted by Gasteiger charge is 2.47. The van der Waals surface area contributed by atoms with Gasteiger partial charge >= 0.3 is 6.09 Å². The van der Waals surface area contributed by atoms with E-state index in [9.17, 15) is 9.18 Å². The van der Waals surface area contributed by atoms with Crippen LogP contribution in [0.3, 0.4) is 0 Å². The minimum atomic E-state index is -0.548. The summed E-state index contributed by atoms with van der Waals surface area (Å²) >= 11 is 0. The van der Waals surface area contributed by atoms with E-state index in [1.54, 1.807) is 17.3 Å². The van der Waals surface area contributed by atoms with Crippen LogP contribution < -0.4 is 0 Å². The number of fused-ring (bicyclic) bond motifs is 1. The monoisotopic (exact) mass is 418 g/mol. The molecule has 2 fully saturated rings. The Kier molecular flexibility index (Phi) is 4.85. The van der Waals surface area contributed by atoms with Crippen molar-refractivity contribution in [3.8, 4) is 6.07 Å². The molecule has 1 aliphatic carbocycles. The number of hydrogen-bond donors (Lipinski definition) is 0. The van der Waals surface area contributed by atoms with Gasteiger partial charge in [-0.25, -0.2) is 14.2 Å². The Bertz CT molecular complexity index is 1170. The van der Waals surface area contributed by atoms with Gasteiger partial charge in [-0.05, 0) is 43.2 Å². The lowest BCUT2D eigenvalue weighted by Gasteiger charge is -2.36. The fourth-order valence-electron chi connectivity index (χ4n) is 5.04. The van der Waals surface area contributed by atoms with E-state index in [1.165, 1.54) is 6.07 Å². The van der Waals surface area contributed by atoms with Gasteiger partial charge in [-0.3, -0.25) is 4.90 Å². The molecule has 0 radical (unpaired) electrons. The standard InChI is InChI=1S/C24H23FN4O2/c25-20-10-21-22(9-19(20)12-26)29(16-27-21)14-18-7-4-8-24(11-18)15-28(23(30)31-24)13-17-5-2-1-3-6-17/h1-3,5-6,9-10,16,18H,4,7-8,11,13-15H2. The highest BCUT2D eigenvalue weighted by Crippen LogP contribution is 2.41. The van der Waals surface area contributed by atoms with E-state index < -0.39 is 11.4 Å². The van der Waals surface area contributed by atoms with Gasteiger partial charge in [0, 0.05) is 19.2 Å². The summed E-state index contributed by atoms with van der Waals surface area (Å²) < 4.78 is 21.8. The number of imidazole rings is 1. The maximum Gasteiger partial charge on any atom is 0.410 e. The van der Waals surface area contributed by atoms with Crippen molar-refractivity contribution in [1.29, 1.82) is 5.26 Å². The molecule has 2 heterocycles. The lowest BCUT2D eigenvalue weighted by molar-refractivity contribution is 0.00415. The van der Waals surface area contributed by atoms with Gasteiger partial charge in [-0.15, -0.1) is 0 Å². The lowest BCUT2D eigenvalue weighted by Crippen LogP contribution is -2.40. The molecule has 1 amide bonds. The molecule has 0 bridgehead atoms. The van der Waals surface area contributed by atoms with E-state index >= 15 is 0 Å². The summed E-state index contributed by atoms with van der Waals surface area (Å²) in [6.45, 7) is 1.86. The van der Waals surface area contributed by atoms with E-state index in [0.717, 1.165) is 36.8 Å². The molecule has 31 heavy (non-hydrogen) atoms. The molecule has 3 aromatic rings. The maximum absolute atomic E-state index is 13.9. The van der Waals surface area contributed by atoms with E-state index in [-0.39, 0.29) is 11.7 Å². The number of benzene rings is 2. The lowest BCUT2D eigenvalue weighted by atomic mass is 9.78. The topological polar surface area (TPSA) is 71.2 Å². The van der Waals surface area contributed by atoms with Gasteiger partial charge < -0.3 is 9.30 Å². The molecule has 1 saturated heterocycles. The van der Waals surface area contributed by atoms with Crippen LogP contribution in [-0.2, 0) is 17.8 Å². The summed E-state index contributed by atoms with van der Waals surface area (Å²) in [7, 11) is 0. The third-order valence-corrected chi connectivity index (χ3v) is 6.45. The number of rotatable bonds is 4. The van der Waals surface area contributed by atoms with Crippen LogP contribution in [0.25, 0.3) is 11.0 Å². The molecule has 1 aliphatic heterocycles. The Morgan fingerprint density at radius 2 is 2.13 bits per heavy atom. The fraction of sp³-hybridized carbons (Fsp3) is 0.375. The molecular weight excluding hydrogens is 395 g/mol. The van der Waals surface area contributed by atoms with Gasteiger partial charge in [0.15, 0.2) is 0 Å². The predicted octanol–water partition coefficient (Wildman–Crippen LogP) is 4.63. The first kappa shape index (κ1) is 19.6. The van der Waals surface area contributed by atoms with Crippen LogP contribution in [0.2, 0.25) is 0 Å². The van der Waals surface area contributed by atoms with Crippen molar-refractivity contribution in [1.82, 2.24) is 14.5 Å². The summed E-state index contributed by atoms with van der Waals surface area (Å²) in [5.74, 6) is -0.237. The first-order chi connectivity index (χ1) is 15.0. The summed E-state index contributed by atoms with van der Waals surface area (Å²) in [4.78, 5) is 18.7. The van der Waals surface area contributed by atoms with Crippen molar-refractivity contribution in [3.63, 3.8) is 0 Å². The molecule has 2 aliphatic rings. The van der Waals surface area contributed by atoms with Crippen molar-refractivity contribution >= 4 is 17.1 Å². The number of ether oxygens (including phenoxy) is 1. The molecule has 1 saturated carbocycles. The molecule has 158 valence electrons. The van der Waals surface area contributed by atoms with Gasteiger partial charge in [0.05, 0.1) is 29.5 Å². The Morgan fingerprint density at radius 1 is 1.29 bits per heavy atom. The third-order valence-electron chi connectivity index (χ3n) is 6.45. The summed E-state index contributed by atoms with van der Waals surface area (Å²) in [6.07, 6.45) is 5.14. The molecule has 2 unspecified atom stereocenters. The molecule has 2 aromatic carbocycles. The molecule has 0 N–H and O–H groups in total. The number of amides is 1. The minimum Gasteiger partial charge on any atom is -0.441 e. The molecule has 1 aromatic heterocycles. The van der Waals surface area contributed by atoms with Crippen molar-refractivity contribution in [2.24, 2.45) is 5.92 Å². The quantitative estimate of drug-likeness (QED) is 0.619. The summed E-state index contributed by atoms with van der Waals surface area (Å²) in [6, 6.07) is 14.7. The highest BCUT2D eigenvalue weighted by atomic mass is 19.1. The highest BCUT2D eigenvalue weighted by molar-refractivity contribution is 5.77. The number of carbonyl (C=O) groups is 1. The molecule has 6 nitrogen and oxygen atoms in total. The molecular formula is C24H23FN4O2. The number of aromatic nitrogens is 2. The van der Waals surface area contributed by atoms with Gasteiger partial charge in [0.2, 0.25) is 0 Å². The maximum atomic E-state index is 13.9. The second-order valence-corrected chi connectivity index (χ2v) is 8.68. The van der Waals surface area contributed by atoms with Crippen LogP contribution in [0.5, 0.6) is 0 Å². The van der Waals surface area contributed by atoms with E-state index in [4.69, 9.17) is 10.00 Å². The number of halogens is 1. The number of nitriles is 1. The molecule has 2 atom stereocenters. The Labute approximate surface area is 179 Å². The zero-order valence-corrected chi connectivity index (χ0v) is 17.1. The SMILES string of the molecule is N#Cc1cc2c(cc1F)ncn2CC1CCCC2(C1)CN(Cc1ccccc1)C(=O)O2. The predicted molar refractivity (Wildman–Crippen MR) is 112 cm³/mol. The Balaban J connectivity index is 1.31.